The zero-order valence-corrected chi connectivity index (χ0v) is 8.47. The molecule has 0 aromatic heterocycles. The van der Waals surface area contributed by atoms with E-state index in [1.165, 1.54) is 0 Å². The molecule has 4 N–H and O–H groups in total. The van der Waals surface area contributed by atoms with Crippen molar-refractivity contribution in [2.75, 3.05) is 13.1 Å². The SMILES string of the molecule is CC(C)(O)CCNCCCC(N)=O. The predicted octanol–water partition coefficient (Wildman–Crippen LogP) is 0.00250. The normalized spacial score (nSPS) is 11.6. The molecular weight excluding hydrogens is 168 g/mol. The van der Waals surface area contributed by atoms with E-state index in [0.29, 0.717) is 12.8 Å². The number of nitrogens with two attached hydrogens (primary N) is 1. The van der Waals surface area contributed by atoms with Crippen LogP contribution in [0.4, 0.5) is 0 Å². The van der Waals surface area contributed by atoms with Crippen molar-refractivity contribution < 1.29 is 9.90 Å². The lowest BCUT2D eigenvalue weighted by Gasteiger charge is -2.16. The first kappa shape index (κ1) is 12.4. The Labute approximate surface area is 79.5 Å². The average molecular weight is 188 g/mol. The number of hydrogen-bond acceptors (Lipinski definition) is 3. The minimum Gasteiger partial charge on any atom is -0.390 e. The second-order valence-electron chi connectivity index (χ2n) is 3.88. The van der Waals surface area contributed by atoms with Gasteiger partial charge in [0.25, 0.3) is 0 Å². The first-order valence-electron chi connectivity index (χ1n) is 4.63. The van der Waals surface area contributed by atoms with Crippen LogP contribution in [0.5, 0.6) is 0 Å². The van der Waals surface area contributed by atoms with E-state index in [0.717, 1.165) is 19.5 Å². The molecule has 0 aliphatic rings. The van der Waals surface area contributed by atoms with Gasteiger partial charge >= 0.3 is 0 Å². The molecule has 0 atom stereocenters. The largest absolute Gasteiger partial charge is 0.390 e. The minimum absolute atomic E-state index is 0.260. The van der Waals surface area contributed by atoms with Crippen molar-refractivity contribution in [2.45, 2.75) is 38.7 Å². The molecule has 1 amide bonds. The van der Waals surface area contributed by atoms with Crippen molar-refractivity contribution in [1.82, 2.24) is 5.32 Å². The smallest absolute Gasteiger partial charge is 0.217 e. The summed E-state index contributed by atoms with van der Waals surface area (Å²) >= 11 is 0. The van der Waals surface area contributed by atoms with Crippen molar-refractivity contribution in [3.8, 4) is 0 Å². The van der Waals surface area contributed by atoms with E-state index < -0.39 is 5.60 Å². The van der Waals surface area contributed by atoms with E-state index in [1.807, 2.05) is 0 Å². The van der Waals surface area contributed by atoms with Crippen molar-refractivity contribution in [3.63, 3.8) is 0 Å². The summed E-state index contributed by atoms with van der Waals surface area (Å²) < 4.78 is 0. The number of primary amides is 1. The van der Waals surface area contributed by atoms with Gasteiger partial charge < -0.3 is 16.2 Å². The highest BCUT2D eigenvalue weighted by molar-refractivity contribution is 5.73. The van der Waals surface area contributed by atoms with Crippen LogP contribution in [0.25, 0.3) is 0 Å². The van der Waals surface area contributed by atoms with Crippen LogP contribution >= 0.6 is 0 Å². The molecule has 0 heterocycles. The Hall–Kier alpha value is -0.610. The standard InChI is InChI=1S/C9H20N2O2/c1-9(2,13)5-7-11-6-3-4-8(10)12/h11,13H,3-7H2,1-2H3,(H2,10,12). The van der Waals surface area contributed by atoms with Crippen molar-refractivity contribution in [1.29, 1.82) is 0 Å². The zero-order valence-electron chi connectivity index (χ0n) is 8.47. The van der Waals surface area contributed by atoms with Crippen LogP contribution in [0.1, 0.15) is 33.1 Å². The third kappa shape index (κ3) is 11.4. The van der Waals surface area contributed by atoms with Crippen LogP contribution in [-0.4, -0.2) is 29.7 Å². The van der Waals surface area contributed by atoms with Gasteiger partial charge in [-0.1, -0.05) is 0 Å². The number of hydrogen-bond donors (Lipinski definition) is 3. The third-order valence-corrected chi connectivity index (χ3v) is 1.69. The molecule has 4 heteroatoms. The minimum atomic E-state index is -0.614. The lowest BCUT2D eigenvalue weighted by molar-refractivity contribution is -0.118. The molecule has 0 saturated carbocycles. The van der Waals surface area contributed by atoms with Gasteiger partial charge in [-0.05, 0) is 39.8 Å². The number of aliphatic hydroxyl groups is 1. The summed E-state index contributed by atoms with van der Waals surface area (Å²) in [7, 11) is 0. The third-order valence-electron chi connectivity index (χ3n) is 1.69. The lowest BCUT2D eigenvalue weighted by Crippen LogP contribution is -2.27. The maximum Gasteiger partial charge on any atom is 0.217 e. The van der Waals surface area contributed by atoms with Crippen LogP contribution < -0.4 is 11.1 Å². The molecule has 0 aliphatic heterocycles. The van der Waals surface area contributed by atoms with Crippen LogP contribution in [0, 0.1) is 0 Å². The van der Waals surface area contributed by atoms with Gasteiger partial charge in [0.1, 0.15) is 0 Å². The summed E-state index contributed by atoms with van der Waals surface area (Å²) in [5, 5.41) is 12.5. The van der Waals surface area contributed by atoms with E-state index in [1.54, 1.807) is 13.8 Å². The summed E-state index contributed by atoms with van der Waals surface area (Å²) in [6, 6.07) is 0. The number of rotatable bonds is 7. The Morgan fingerprint density at radius 1 is 1.46 bits per heavy atom. The fourth-order valence-corrected chi connectivity index (χ4v) is 0.907. The fraction of sp³-hybridized carbons (Fsp3) is 0.889. The zero-order chi connectivity index (χ0) is 10.3. The van der Waals surface area contributed by atoms with Gasteiger partial charge in [0.15, 0.2) is 0 Å². The Morgan fingerprint density at radius 2 is 2.08 bits per heavy atom. The monoisotopic (exact) mass is 188 g/mol. The molecule has 0 aliphatic carbocycles. The first-order valence-corrected chi connectivity index (χ1v) is 4.63. The van der Waals surface area contributed by atoms with Gasteiger partial charge in [-0.3, -0.25) is 4.79 Å². The van der Waals surface area contributed by atoms with Gasteiger partial charge in [0.2, 0.25) is 5.91 Å². The molecule has 0 rings (SSSR count). The number of carbonyl (C=O) groups is 1. The molecule has 0 bridgehead atoms. The molecule has 0 saturated heterocycles. The second kappa shape index (κ2) is 5.94. The van der Waals surface area contributed by atoms with E-state index in [4.69, 9.17) is 5.73 Å². The molecule has 78 valence electrons. The fourth-order valence-electron chi connectivity index (χ4n) is 0.907. The Bertz CT molecular complexity index is 152. The van der Waals surface area contributed by atoms with Crippen molar-refractivity contribution in [3.05, 3.63) is 0 Å². The molecular formula is C9H20N2O2. The maximum absolute atomic E-state index is 10.3. The quantitative estimate of drug-likeness (QED) is 0.492. The van der Waals surface area contributed by atoms with Crippen LogP contribution in [-0.2, 0) is 4.79 Å². The second-order valence-corrected chi connectivity index (χ2v) is 3.88. The van der Waals surface area contributed by atoms with E-state index in [2.05, 4.69) is 5.32 Å². The molecule has 0 unspecified atom stereocenters. The predicted molar refractivity (Wildman–Crippen MR) is 52.2 cm³/mol. The number of amides is 1. The highest BCUT2D eigenvalue weighted by Crippen LogP contribution is 2.04. The van der Waals surface area contributed by atoms with Gasteiger partial charge in [0.05, 0.1) is 5.60 Å². The molecule has 0 fully saturated rings. The molecule has 0 aromatic carbocycles. The van der Waals surface area contributed by atoms with Gasteiger partial charge in [-0.25, -0.2) is 0 Å². The van der Waals surface area contributed by atoms with Crippen molar-refractivity contribution in [2.24, 2.45) is 5.73 Å². The Morgan fingerprint density at radius 3 is 2.54 bits per heavy atom. The highest BCUT2D eigenvalue weighted by atomic mass is 16.3. The topological polar surface area (TPSA) is 75.3 Å². The van der Waals surface area contributed by atoms with Gasteiger partial charge in [-0.15, -0.1) is 0 Å². The molecule has 0 spiro atoms. The summed E-state index contributed by atoms with van der Waals surface area (Å²) in [6.07, 6.45) is 1.90. The number of nitrogens with one attached hydrogen (secondary N) is 1. The van der Waals surface area contributed by atoms with E-state index >= 15 is 0 Å². The highest BCUT2D eigenvalue weighted by Gasteiger charge is 2.10. The van der Waals surface area contributed by atoms with E-state index in [9.17, 15) is 9.90 Å². The lowest BCUT2D eigenvalue weighted by atomic mass is 10.1. The first-order chi connectivity index (χ1) is 5.92. The molecule has 13 heavy (non-hydrogen) atoms. The van der Waals surface area contributed by atoms with Gasteiger partial charge in [0, 0.05) is 6.42 Å². The number of carbonyl (C=O) groups excluding carboxylic acids is 1. The molecule has 4 nitrogen and oxygen atoms in total. The van der Waals surface area contributed by atoms with E-state index in [-0.39, 0.29) is 5.91 Å². The summed E-state index contributed by atoms with van der Waals surface area (Å²) in [6.45, 7) is 5.09. The maximum atomic E-state index is 10.3. The Balaban J connectivity index is 3.13. The van der Waals surface area contributed by atoms with Crippen molar-refractivity contribution >= 4 is 5.91 Å². The molecule has 0 radical (unpaired) electrons. The van der Waals surface area contributed by atoms with Crippen LogP contribution in [0.3, 0.4) is 0 Å². The molecule has 0 aromatic rings. The summed E-state index contributed by atoms with van der Waals surface area (Å²) in [4.78, 5) is 10.3. The van der Waals surface area contributed by atoms with Crippen LogP contribution in [0.15, 0.2) is 0 Å². The summed E-state index contributed by atoms with van der Waals surface area (Å²) in [5.74, 6) is -0.260. The average Bonchev–Trinajstić information content (AvgIpc) is 1.93. The van der Waals surface area contributed by atoms with Crippen LogP contribution in [0.2, 0.25) is 0 Å². The Kier molecular flexibility index (Phi) is 5.66. The van der Waals surface area contributed by atoms with Gasteiger partial charge in [-0.2, -0.15) is 0 Å². The summed E-state index contributed by atoms with van der Waals surface area (Å²) in [5.41, 5.74) is 4.36.